The number of esters is 1. The van der Waals surface area contributed by atoms with Crippen LogP contribution in [0.25, 0.3) is 0 Å². The van der Waals surface area contributed by atoms with E-state index in [0.717, 1.165) is 12.8 Å². The number of benzene rings is 1. The predicted octanol–water partition coefficient (Wildman–Crippen LogP) is 4.58. The second kappa shape index (κ2) is 11.2. The van der Waals surface area contributed by atoms with Crippen molar-refractivity contribution < 1.29 is 19.0 Å². The van der Waals surface area contributed by atoms with Crippen molar-refractivity contribution in [1.82, 2.24) is 0 Å². The van der Waals surface area contributed by atoms with Crippen molar-refractivity contribution in [3.05, 3.63) is 35.9 Å². The van der Waals surface area contributed by atoms with E-state index in [9.17, 15) is 4.79 Å². The van der Waals surface area contributed by atoms with E-state index in [1.54, 1.807) is 12.1 Å². The number of rotatable bonds is 12. The van der Waals surface area contributed by atoms with Crippen LogP contribution in [-0.4, -0.2) is 31.6 Å². The highest BCUT2D eigenvalue weighted by Gasteiger charge is 2.31. The van der Waals surface area contributed by atoms with Crippen LogP contribution in [-0.2, 0) is 14.2 Å². The summed E-state index contributed by atoms with van der Waals surface area (Å²) in [5, 5.41) is 0. The van der Waals surface area contributed by atoms with Crippen LogP contribution in [0, 0.1) is 0 Å². The molecule has 0 aliphatic heterocycles. The van der Waals surface area contributed by atoms with Gasteiger partial charge in [-0.3, -0.25) is 0 Å². The second-order valence-electron chi connectivity index (χ2n) is 5.55. The van der Waals surface area contributed by atoms with Gasteiger partial charge in [0.15, 0.2) is 0 Å². The maximum absolute atomic E-state index is 12.1. The summed E-state index contributed by atoms with van der Waals surface area (Å²) < 4.78 is 17.2. The van der Waals surface area contributed by atoms with Gasteiger partial charge in [0, 0.05) is 13.0 Å². The van der Waals surface area contributed by atoms with Crippen LogP contribution in [0.5, 0.6) is 0 Å². The quantitative estimate of drug-likeness (QED) is 0.321. The largest absolute Gasteiger partial charge is 0.456 e. The molecule has 0 radical (unpaired) electrons. The van der Waals surface area contributed by atoms with E-state index in [2.05, 4.69) is 6.92 Å². The molecule has 0 fully saturated rings. The Balaban J connectivity index is 2.53. The molecule has 0 saturated heterocycles. The van der Waals surface area contributed by atoms with Crippen LogP contribution in [0.4, 0.5) is 0 Å². The zero-order valence-electron chi connectivity index (χ0n) is 14.7. The molecule has 0 saturated carbocycles. The molecule has 0 amide bonds. The SMILES string of the molecule is CCCCCCOC(CC)(COC(=O)c1ccccc1)OCC. The number of carbonyl (C=O) groups excluding carboxylic acids is 1. The number of unbranched alkanes of at least 4 members (excludes halogenated alkanes) is 3. The molecule has 0 heterocycles. The average Bonchev–Trinajstić information content (AvgIpc) is 2.60. The van der Waals surface area contributed by atoms with Gasteiger partial charge in [-0.05, 0) is 25.5 Å². The van der Waals surface area contributed by atoms with Crippen molar-refractivity contribution in [3.8, 4) is 0 Å². The first kappa shape index (κ1) is 19.7. The lowest BCUT2D eigenvalue weighted by atomic mass is 10.2. The third-order valence-corrected chi connectivity index (χ3v) is 3.74. The van der Waals surface area contributed by atoms with Crippen molar-refractivity contribution in [3.63, 3.8) is 0 Å². The van der Waals surface area contributed by atoms with Crippen LogP contribution in [0.15, 0.2) is 30.3 Å². The Labute approximate surface area is 140 Å². The van der Waals surface area contributed by atoms with Crippen LogP contribution in [0.1, 0.15) is 63.2 Å². The summed E-state index contributed by atoms with van der Waals surface area (Å²) in [6, 6.07) is 8.98. The minimum absolute atomic E-state index is 0.110. The highest BCUT2D eigenvalue weighted by molar-refractivity contribution is 5.89. The smallest absolute Gasteiger partial charge is 0.338 e. The van der Waals surface area contributed by atoms with Crippen molar-refractivity contribution in [1.29, 1.82) is 0 Å². The van der Waals surface area contributed by atoms with E-state index in [0.29, 0.717) is 25.2 Å². The predicted molar refractivity (Wildman–Crippen MR) is 91.5 cm³/mol. The Morgan fingerprint density at radius 2 is 1.74 bits per heavy atom. The van der Waals surface area contributed by atoms with Crippen LogP contribution >= 0.6 is 0 Å². The Bertz CT molecular complexity index is 432. The molecule has 0 bridgehead atoms. The summed E-state index contributed by atoms with van der Waals surface area (Å²) in [7, 11) is 0. The zero-order chi connectivity index (χ0) is 17.0. The van der Waals surface area contributed by atoms with Gasteiger partial charge in [0.25, 0.3) is 0 Å². The molecule has 4 heteroatoms. The summed E-state index contributed by atoms with van der Waals surface area (Å²) in [5.74, 6) is -1.19. The molecule has 1 rings (SSSR count). The molecule has 1 aromatic carbocycles. The lowest BCUT2D eigenvalue weighted by molar-refractivity contribution is -0.254. The Morgan fingerprint density at radius 3 is 2.35 bits per heavy atom. The van der Waals surface area contributed by atoms with Gasteiger partial charge in [-0.15, -0.1) is 0 Å². The molecule has 0 aliphatic carbocycles. The molecular formula is C19H30O4. The molecule has 130 valence electrons. The normalized spacial score (nSPS) is 13.5. The van der Waals surface area contributed by atoms with E-state index in [4.69, 9.17) is 14.2 Å². The van der Waals surface area contributed by atoms with Gasteiger partial charge >= 0.3 is 5.97 Å². The molecule has 0 aromatic heterocycles. The summed E-state index contributed by atoms with van der Waals surface area (Å²) >= 11 is 0. The van der Waals surface area contributed by atoms with E-state index in [1.807, 2.05) is 32.0 Å². The van der Waals surface area contributed by atoms with Gasteiger partial charge < -0.3 is 14.2 Å². The van der Waals surface area contributed by atoms with Crippen LogP contribution in [0.2, 0.25) is 0 Å². The van der Waals surface area contributed by atoms with Gasteiger partial charge in [-0.25, -0.2) is 4.79 Å². The van der Waals surface area contributed by atoms with Gasteiger partial charge in [-0.1, -0.05) is 51.3 Å². The topological polar surface area (TPSA) is 44.8 Å². The third-order valence-electron chi connectivity index (χ3n) is 3.74. The molecule has 4 nitrogen and oxygen atoms in total. The summed E-state index contributed by atoms with van der Waals surface area (Å²) in [6.45, 7) is 7.34. The van der Waals surface area contributed by atoms with Gasteiger partial charge in [-0.2, -0.15) is 0 Å². The molecule has 23 heavy (non-hydrogen) atoms. The van der Waals surface area contributed by atoms with Crippen molar-refractivity contribution in [2.75, 3.05) is 19.8 Å². The molecule has 0 aliphatic rings. The maximum Gasteiger partial charge on any atom is 0.338 e. The monoisotopic (exact) mass is 322 g/mol. The first-order valence-electron chi connectivity index (χ1n) is 8.67. The molecule has 1 aromatic rings. The number of hydrogen-bond acceptors (Lipinski definition) is 4. The lowest BCUT2D eigenvalue weighted by Gasteiger charge is -2.32. The van der Waals surface area contributed by atoms with E-state index < -0.39 is 5.79 Å². The fraction of sp³-hybridized carbons (Fsp3) is 0.632. The zero-order valence-corrected chi connectivity index (χ0v) is 14.7. The minimum atomic E-state index is -0.842. The highest BCUT2D eigenvalue weighted by Crippen LogP contribution is 2.20. The standard InChI is InChI=1S/C19H30O4/c1-4-7-8-12-15-23-19(5-2,22-6-3)16-21-18(20)17-13-10-9-11-14-17/h9-11,13-14H,4-8,12,15-16H2,1-3H3. The number of hydrogen-bond donors (Lipinski definition) is 0. The molecule has 0 N–H and O–H groups in total. The average molecular weight is 322 g/mol. The van der Waals surface area contributed by atoms with Gasteiger partial charge in [0.2, 0.25) is 5.79 Å². The van der Waals surface area contributed by atoms with Crippen molar-refractivity contribution in [2.24, 2.45) is 0 Å². The summed E-state index contributed by atoms with van der Waals surface area (Å²) in [6.07, 6.45) is 5.18. The third kappa shape index (κ3) is 7.14. The molecule has 0 spiro atoms. The maximum atomic E-state index is 12.1. The van der Waals surface area contributed by atoms with Crippen LogP contribution < -0.4 is 0 Å². The van der Waals surface area contributed by atoms with Crippen molar-refractivity contribution in [2.45, 2.75) is 58.7 Å². The second-order valence-corrected chi connectivity index (χ2v) is 5.55. The molecule has 1 atom stereocenters. The lowest BCUT2D eigenvalue weighted by Crippen LogP contribution is -2.41. The van der Waals surface area contributed by atoms with E-state index in [1.165, 1.54) is 12.8 Å². The first-order chi connectivity index (χ1) is 11.2. The summed E-state index contributed by atoms with van der Waals surface area (Å²) in [4.78, 5) is 12.1. The Kier molecular flexibility index (Phi) is 9.57. The minimum Gasteiger partial charge on any atom is -0.456 e. The molecular weight excluding hydrogens is 292 g/mol. The van der Waals surface area contributed by atoms with Gasteiger partial charge in [0.1, 0.15) is 6.61 Å². The molecule has 1 unspecified atom stereocenters. The number of carbonyl (C=O) groups is 1. The van der Waals surface area contributed by atoms with E-state index >= 15 is 0 Å². The number of ether oxygens (including phenoxy) is 3. The van der Waals surface area contributed by atoms with Crippen molar-refractivity contribution >= 4 is 5.97 Å². The Hall–Kier alpha value is -1.39. The fourth-order valence-electron chi connectivity index (χ4n) is 2.31. The van der Waals surface area contributed by atoms with E-state index in [-0.39, 0.29) is 12.6 Å². The highest BCUT2D eigenvalue weighted by atomic mass is 16.7. The summed E-state index contributed by atoms with van der Waals surface area (Å²) in [5.41, 5.74) is 0.539. The fourth-order valence-corrected chi connectivity index (χ4v) is 2.31. The first-order valence-corrected chi connectivity index (χ1v) is 8.67. The van der Waals surface area contributed by atoms with Crippen LogP contribution in [0.3, 0.4) is 0 Å². The Morgan fingerprint density at radius 1 is 1.00 bits per heavy atom. The van der Waals surface area contributed by atoms with Gasteiger partial charge in [0.05, 0.1) is 12.2 Å².